The van der Waals surface area contributed by atoms with Gasteiger partial charge in [-0.2, -0.15) is 0 Å². The van der Waals surface area contributed by atoms with Crippen molar-refractivity contribution in [3.8, 4) is 5.75 Å². The van der Waals surface area contributed by atoms with E-state index in [0.717, 1.165) is 10.5 Å². The highest BCUT2D eigenvalue weighted by molar-refractivity contribution is 9.10. The number of hydrogen-bond donors (Lipinski definition) is 0. The topological polar surface area (TPSA) is 55.8 Å². The second-order valence-corrected chi connectivity index (χ2v) is 7.46. The summed E-state index contributed by atoms with van der Waals surface area (Å²) in [5.41, 5.74) is 1.53. The van der Waals surface area contributed by atoms with Crippen molar-refractivity contribution in [3.63, 3.8) is 0 Å². The third-order valence-electron chi connectivity index (χ3n) is 4.44. The Kier molecular flexibility index (Phi) is 6.10. The number of carbonyl (C=O) groups is 2. The molecule has 3 rings (SSSR count). The van der Waals surface area contributed by atoms with Crippen LogP contribution in [0.5, 0.6) is 5.75 Å². The van der Waals surface area contributed by atoms with Gasteiger partial charge in [-0.3, -0.25) is 9.69 Å². The second kappa shape index (κ2) is 8.39. The minimum atomic E-state index is -0.660. The lowest BCUT2D eigenvalue weighted by Gasteiger charge is -2.18. The van der Waals surface area contributed by atoms with E-state index in [1.165, 1.54) is 31.3 Å². The molecule has 29 heavy (non-hydrogen) atoms. The summed E-state index contributed by atoms with van der Waals surface area (Å²) in [7, 11) is 2.75. The van der Waals surface area contributed by atoms with Crippen LogP contribution in [0, 0.1) is 5.82 Å². The van der Waals surface area contributed by atoms with E-state index in [4.69, 9.17) is 21.1 Å². The normalized spacial score (nSPS) is 15.3. The molecule has 0 aliphatic carbocycles. The zero-order valence-electron chi connectivity index (χ0n) is 15.8. The van der Waals surface area contributed by atoms with Crippen LogP contribution in [0.2, 0.25) is 5.02 Å². The number of anilines is 1. The quantitative estimate of drug-likeness (QED) is 0.450. The monoisotopic (exact) mass is 479 g/mol. The van der Waals surface area contributed by atoms with Crippen LogP contribution in [0.3, 0.4) is 0 Å². The fraction of sp³-hybridized carbons (Fsp3) is 0.143. The van der Waals surface area contributed by atoms with E-state index < -0.39 is 17.7 Å². The van der Waals surface area contributed by atoms with Gasteiger partial charge >= 0.3 is 5.97 Å². The molecule has 0 saturated heterocycles. The first-order chi connectivity index (χ1) is 13.8. The molecule has 0 saturated carbocycles. The number of hydrogen-bond acceptors (Lipinski definition) is 4. The van der Waals surface area contributed by atoms with E-state index >= 15 is 0 Å². The van der Waals surface area contributed by atoms with Crippen LogP contribution in [-0.2, 0) is 14.3 Å². The van der Waals surface area contributed by atoms with Gasteiger partial charge in [-0.1, -0.05) is 27.5 Å². The maximum atomic E-state index is 13.6. The van der Waals surface area contributed by atoms with Gasteiger partial charge in [0, 0.05) is 15.7 Å². The van der Waals surface area contributed by atoms with Gasteiger partial charge in [0.1, 0.15) is 11.6 Å². The predicted molar refractivity (Wildman–Crippen MR) is 112 cm³/mol. The Hall–Kier alpha value is -2.64. The van der Waals surface area contributed by atoms with E-state index in [1.54, 1.807) is 31.2 Å². The number of allylic oxidation sites excluding steroid dienone is 1. The van der Waals surface area contributed by atoms with Gasteiger partial charge < -0.3 is 9.47 Å². The molecule has 0 radical (unpaired) electrons. The Morgan fingerprint density at radius 3 is 2.55 bits per heavy atom. The van der Waals surface area contributed by atoms with Gasteiger partial charge in [-0.15, -0.1) is 0 Å². The molecule has 150 valence electrons. The highest BCUT2D eigenvalue weighted by atomic mass is 79.9. The van der Waals surface area contributed by atoms with Crippen molar-refractivity contribution in [1.29, 1.82) is 0 Å². The van der Waals surface area contributed by atoms with Gasteiger partial charge in [-0.05, 0) is 49.4 Å². The van der Waals surface area contributed by atoms with Crippen molar-refractivity contribution >= 4 is 51.2 Å². The van der Waals surface area contributed by atoms with Gasteiger partial charge in [0.15, 0.2) is 0 Å². The maximum Gasteiger partial charge on any atom is 0.340 e. The Balaban J connectivity index is 2.19. The summed E-state index contributed by atoms with van der Waals surface area (Å²) in [4.78, 5) is 27.0. The molecule has 1 amide bonds. The lowest BCUT2D eigenvalue weighted by Crippen LogP contribution is -2.24. The summed E-state index contributed by atoms with van der Waals surface area (Å²) >= 11 is 9.27. The van der Waals surface area contributed by atoms with Gasteiger partial charge in [0.2, 0.25) is 0 Å². The summed E-state index contributed by atoms with van der Waals surface area (Å²) in [6, 6.07) is 9.21. The van der Waals surface area contributed by atoms with Gasteiger partial charge in [0.25, 0.3) is 5.91 Å². The molecule has 0 aromatic heterocycles. The summed E-state index contributed by atoms with van der Waals surface area (Å²) in [5.74, 6) is -1.20. The van der Waals surface area contributed by atoms with Crippen LogP contribution in [-0.4, -0.2) is 26.1 Å². The molecular formula is C21H16BrClFNO4. The van der Waals surface area contributed by atoms with E-state index in [9.17, 15) is 14.0 Å². The Morgan fingerprint density at radius 2 is 1.93 bits per heavy atom. The SMILES string of the molecule is COC(=O)C1=C(C)N(c2ccc(F)c(Cl)c2)C(=O)/C1=C\c1cc(Br)ccc1OC. The molecular weight excluding hydrogens is 465 g/mol. The van der Waals surface area contributed by atoms with Crippen LogP contribution in [0.15, 0.2) is 57.7 Å². The third kappa shape index (κ3) is 3.93. The average Bonchev–Trinajstić information content (AvgIpc) is 2.93. The molecule has 0 bridgehead atoms. The molecule has 0 unspecified atom stereocenters. The summed E-state index contributed by atoms with van der Waals surface area (Å²) in [6.45, 7) is 1.61. The number of ether oxygens (including phenoxy) is 2. The van der Waals surface area contributed by atoms with E-state index in [1.807, 2.05) is 0 Å². The molecule has 8 heteroatoms. The number of benzene rings is 2. The predicted octanol–water partition coefficient (Wildman–Crippen LogP) is 5.13. The molecule has 2 aromatic rings. The first kappa shape index (κ1) is 21.1. The third-order valence-corrected chi connectivity index (χ3v) is 5.23. The Labute approximate surface area is 180 Å². The minimum Gasteiger partial charge on any atom is -0.496 e. The number of esters is 1. The molecule has 0 N–H and O–H groups in total. The number of halogens is 3. The minimum absolute atomic E-state index is 0.111. The highest BCUT2D eigenvalue weighted by Crippen LogP contribution is 2.37. The molecule has 1 aliphatic rings. The van der Waals surface area contributed by atoms with Gasteiger partial charge in [-0.25, -0.2) is 9.18 Å². The van der Waals surface area contributed by atoms with Crippen molar-refractivity contribution in [2.45, 2.75) is 6.92 Å². The van der Waals surface area contributed by atoms with E-state index in [-0.39, 0.29) is 16.2 Å². The number of rotatable bonds is 4. The first-order valence-corrected chi connectivity index (χ1v) is 9.60. The van der Waals surface area contributed by atoms with Gasteiger partial charge in [0.05, 0.1) is 36.1 Å². The average molecular weight is 481 g/mol. The number of amides is 1. The fourth-order valence-electron chi connectivity index (χ4n) is 3.09. The van der Waals surface area contributed by atoms with Crippen LogP contribution < -0.4 is 9.64 Å². The van der Waals surface area contributed by atoms with Crippen molar-refractivity contribution in [2.24, 2.45) is 0 Å². The molecule has 5 nitrogen and oxygen atoms in total. The Bertz CT molecular complexity index is 1080. The molecule has 0 fully saturated rings. The maximum absolute atomic E-state index is 13.6. The van der Waals surface area contributed by atoms with Crippen LogP contribution in [0.4, 0.5) is 10.1 Å². The largest absolute Gasteiger partial charge is 0.496 e. The Morgan fingerprint density at radius 1 is 1.21 bits per heavy atom. The van der Waals surface area contributed by atoms with Crippen molar-refractivity contribution in [3.05, 3.63) is 74.1 Å². The van der Waals surface area contributed by atoms with E-state index in [2.05, 4.69) is 15.9 Å². The first-order valence-electron chi connectivity index (χ1n) is 8.42. The lowest BCUT2D eigenvalue weighted by molar-refractivity contribution is -0.136. The molecule has 1 heterocycles. The highest BCUT2D eigenvalue weighted by Gasteiger charge is 2.38. The van der Waals surface area contributed by atoms with Crippen molar-refractivity contribution < 1.29 is 23.5 Å². The molecule has 1 aliphatic heterocycles. The molecule has 2 aromatic carbocycles. The number of nitrogens with zero attached hydrogens (tertiary/aromatic N) is 1. The second-order valence-electron chi connectivity index (χ2n) is 6.14. The van der Waals surface area contributed by atoms with Crippen LogP contribution in [0.25, 0.3) is 6.08 Å². The number of carbonyl (C=O) groups excluding carboxylic acids is 2. The van der Waals surface area contributed by atoms with Crippen LogP contribution >= 0.6 is 27.5 Å². The zero-order chi connectivity index (χ0) is 21.3. The molecule has 0 spiro atoms. The summed E-state index contributed by atoms with van der Waals surface area (Å²) in [6.07, 6.45) is 1.56. The number of methoxy groups -OCH3 is 2. The fourth-order valence-corrected chi connectivity index (χ4v) is 3.64. The smallest absolute Gasteiger partial charge is 0.340 e. The van der Waals surface area contributed by atoms with Crippen molar-refractivity contribution in [1.82, 2.24) is 0 Å². The standard InChI is InChI=1S/C21H16BrClFNO4/c1-11-19(21(27)29-3)15(9-12-8-13(22)4-7-18(12)28-2)20(26)25(11)14-5-6-17(24)16(23)10-14/h4-10H,1-3H3/b15-9-. The summed E-state index contributed by atoms with van der Waals surface area (Å²) in [5, 5.41) is -0.131. The van der Waals surface area contributed by atoms with Crippen molar-refractivity contribution in [2.75, 3.05) is 19.1 Å². The van der Waals surface area contributed by atoms with E-state index in [0.29, 0.717) is 22.7 Å². The molecule has 0 atom stereocenters. The lowest BCUT2D eigenvalue weighted by atomic mass is 10.0. The summed E-state index contributed by atoms with van der Waals surface area (Å²) < 4.78 is 24.6. The zero-order valence-corrected chi connectivity index (χ0v) is 18.1. The van der Waals surface area contributed by atoms with Crippen LogP contribution in [0.1, 0.15) is 12.5 Å².